The highest BCUT2D eigenvalue weighted by Crippen LogP contribution is 2.08. The van der Waals surface area contributed by atoms with Gasteiger partial charge in [0.25, 0.3) is 0 Å². The highest BCUT2D eigenvalue weighted by atomic mass is 17.2. The zero-order valence-corrected chi connectivity index (χ0v) is 14.1. The van der Waals surface area contributed by atoms with Gasteiger partial charge in [-0.2, -0.15) is 9.78 Å². The first kappa shape index (κ1) is 20.5. The molecule has 130 valence electrons. The molecule has 0 aromatic carbocycles. The van der Waals surface area contributed by atoms with Gasteiger partial charge in [0, 0.05) is 0 Å². The van der Waals surface area contributed by atoms with E-state index in [9.17, 15) is 9.59 Å². The Kier molecular flexibility index (Phi) is 8.81. The largest absolute Gasteiger partial charge is 0.540 e. The average Bonchev–Trinajstić information content (AvgIpc) is 2.36. The van der Waals surface area contributed by atoms with Gasteiger partial charge in [0.1, 0.15) is 11.2 Å². The van der Waals surface area contributed by atoms with E-state index in [4.69, 9.17) is 19.2 Å². The molecule has 0 N–H and O–H groups in total. The summed E-state index contributed by atoms with van der Waals surface area (Å²) in [5.74, 6) is 0. The van der Waals surface area contributed by atoms with Crippen LogP contribution in [0.5, 0.6) is 0 Å². The Bertz CT molecular complexity index is 306. The summed E-state index contributed by atoms with van der Waals surface area (Å²) in [6, 6.07) is 0. The maximum absolute atomic E-state index is 11.1. The monoisotopic (exact) mass is 322 g/mol. The molecule has 0 spiro atoms. The van der Waals surface area contributed by atoms with E-state index in [-0.39, 0.29) is 13.2 Å². The van der Waals surface area contributed by atoms with E-state index >= 15 is 0 Å². The van der Waals surface area contributed by atoms with Gasteiger partial charge < -0.3 is 9.47 Å². The van der Waals surface area contributed by atoms with Crippen LogP contribution in [0.3, 0.4) is 0 Å². The third kappa shape index (κ3) is 14.9. The third-order valence-electron chi connectivity index (χ3n) is 1.70. The van der Waals surface area contributed by atoms with Crippen LogP contribution in [0.2, 0.25) is 0 Å². The van der Waals surface area contributed by atoms with Gasteiger partial charge >= 0.3 is 12.3 Å². The lowest BCUT2D eigenvalue weighted by Gasteiger charge is -2.16. The zero-order chi connectivity index (χ0) is 17.2. The number of carbonyl (C=O) groups is 2. The second-order valence-electron chi connectivity index (χ2n) is 6.46. The molecule has 8 nitrogen and oxygen atoms in total. The van der Waals surface area contributed by atoms with Crippen molar-refractivity contribution < 1.29 is 38.6 Å². The standard InChI is InChI=1S/C14H26O8/c1-13(2,3)21-19-11(15)17-9-7-8-10-18-12(16)20-22-14(4,5)6/h7-10H2,1-6H3. The van der Waals surface area contributed by atoms with Crippen molar-refractivity contribution in [2.45, 2.75) is 65.6 Å². The smallest absolute Gasteiger partial charge is 0.432 e. The van der Waals surface area contributed by atoms with Gasteiger partial charge in [0.05, 0.1) is 13.2 Å². The summed E-state index contributed by atoms with van der Waals surface area (Å²) in [6.07, 6.45) is -0.821. The first-order chi connectivity index (χ1) is 9.99. The maximum atomic E-state index is 11.1. The minimum absolute atomic E-state index is 0.128. The third-order valence-corrected chi connectivity index (χ3v) is 1.70. The minimum Gasteiger partial charge on any atom is -0.432 e. The van der Waals surface area contributed by atoms with E-state index in [2.05, 4.69) is 9.78 Å². The van der Waals surface area contributed by atoms with Gasteiger partial charge in [0.2, 0.25) is 0 Å². The predicted octanol–water partition coefficient (Wildman–Crippen LogP) is 3.53. The van der Waals surface area contributed by atoms with E-state index in [0.717, 1.165) is 0 Å². The molecule has 0 amide bonds. The molecule has 0 aliphatic carbocycles. The molecule has 0 radical (unpaired) electrons. The highest BCUT2D eigenvalue weighted by molar-refractivity contribution is 5.59. The fourth-order valence-electron chi connectivity index (χ4n) is 0.881. The molecule has 8 heteroatoms. The number of hydrogen-bond donors (Lipinski definition) is 0. The molecule has 0 saturated carbocycles. The summed E-state index contributed by atoms with van der Waals surface area (Å²) < 4.78 is 9.51. The first-order valence-electron chi connectivity index (χ1n) is 7.04. The molecule has 0 rings (SSSR count). The van der Waals surface area contributed by atoms with Gasteiger partial charge in [-0.15, -0.1) is 0 Å². The van der Waals surface area contributed by atoms with E-state index in [1.165, 1.54) is 0 Å². The molecular formula is C14H26O8. The molecule has 0 fully saturated rings. The van der Waals surface area contributed by atoms with Crippen molar-refractivity contribution in [1.82, 2.24) is 0 Å². The van der Waals surface area contributed by atoms with Crippen LogP contribution >= 0.6 is 0 Å². The van der Waals surface area contributed by atoms with Gasteiger partial charge in [-0.05, 0) is 54.4 Å². The quantitative estimate of drug-likeness (QED) is 0.304. The van der Waals surface area contributed by atoms with Crippen molar-refractivity contribution in [3.05, 3.63) is 0 Å². The molecule has 0 aromatic heterocycles. The second-order valence-corrected chi connectivity index (χ2v) is 6.46. The van der Waals surface area contributed by atoms with Crippen LogP contribution in [0.1, 0.15) is 54.4 Å². The highest BCUT2D eigenvalue weighted by Gasteiger charge is 2.17. The normalized spacial score (nSPS) is 11.7. The molecule has 0 aliphatic heterocycles. The molecule has 0 saturated heterocycles. The van der Waals surface area contributed by atoms with E-state index in [0.29, 0.717) is 12.8 Å². The number of ether oxygens (including phenoxy) is 2. The van der Waals surface area contributed by atoms with Crippen LogP contribution in [0.4, 0.5) is 9.59 Å². The maximum Gasteiger partial charge on any atom is 0.540 e. The van der Waals surface area contributed by atoms with Crippen LogP contribution in [-0.2, 0) is 29.0 Å². The van der Waals surface area contributed by atoms with Crippen LogP contribution in [0.15, 0.2) is 0 Å². The summed E-state index contributed by atoms with van der Waals surface area (Å²) in [5, 5.41) is 0. The van der Waals surface area contributed by atoms with Crippen LogP contribution < -0.4 is 0 Å². The van der Waals surface area contributed by atoms with E-state index in [1.807, 2.05) is 0 Å². The van der Waals surface area contributed by atoms with Crippen molar-refractivity contribution in [3.63, 3.8) is 0 Å². The number of unbranched alkanes of at least 4 members (excludes halogenated alkanes) is 1. The van der Waals surface area contributed by atoms with Gasteiger partial charge in [-0.1, -0.05) is 0 Å². The van der Waals surface area contributed by atoms with Gasteiger partial charge in [-0.25, -0.2) is 9.59 Å². The molecular weight excluding hydrogens is 296 g/mol. The van der Waals surface area contributed by atoms with Crippen LogP contribution in [0.25, 0.3) is 0 Å². The minimum atomic E-state index is -0.908. The van der Waals surface area contributed by atoms with Crippen LogP contribution in [0, 0.1) is 0 Å². The number of hydrogen-bond acceptors (Lipinski definition) is 8. The summed E-state index contributed by atoms with van der Waals surface area (Å²) >= 11 is 0. The lowest BCUT2D eigenvalue weighted by atomic mass is 10.2. The Balaban J connectivity index is 3.50. The Morgan fingerprint density at radius 1 is 0.682 bits per heavy atom. The summed E-state index contributed by atoms with van der Waals surface area (Å²) in [5.41, 5.74) is -1.19. The van der Waals surface area contributed by atoms with E-state index < -0.39 is 23.5 Å². The molecule has 0 heterocycles. The summed E-state index contributed by atoms with van der Waals surface area (Å²) in [6.45, 7) is 10.7. The van der Waals surface area contributed by atoms with Crippen molar-refractivity contribution >= 4 is 12.3 Å². The van der Waals surface area contributed by atoms with E-state index in [1.54, 1.807) is 41.5 Å². The number of rotatable bonds is 7. The fraction of sp³-hybridized carbons (Fsp3) is 0.857. The Labute approximate surface area is 130 Å². The van der Waals surface area contributed by atoms with Gasteiger partial charge in [-0.3, -0.25) is 9.78 Å². The Hall–Kier alpha value is -1.54. The molecule has 0 bridgehead atoms. The second kappa shape index (κ2) is 9.47. The Morgan fingerprint density at radius 2 is 1.00 bits per heavy atom. The molecule has 0 unspecified atom stereocenters. The lowest BCUT2D eigenvalue weighted by molar-refractivity contribution is -0.312. The fourth-order valence-corrected chi connectivity index (χ4v) is 0.881. The molecule has 0 aromatic rings. The molecule has 0 atom stereocenters. The van der Waals surface area contributed by atoms with Crippen molar-refractivity contribution in [1.29, 1.82) is 0 Å². The molecule has 22 heavy (non-hydrogen) atoms. The van der Waals surface area contributed by atoms with Crippen molar-refractivity contribution in [3.8, 4) is 0 Å². The topological polar surface area (TPSA) is 89.5 Å². The zero-order valence-electron chi connectivity index (χ0n) is 14.1. The van der Waals surface area contributed by atoms with Crippen LogP contribution in [-0.4, -0.2) is 36.7 Å². The summed E-state index contributed by atoms with van der Waals surface area (Å²) in [7, 11) is 0. The lowest BCUT2D eigenvalue weighted by Crippen LogP contribution is -2.23. The first-order valence-corrected chi connectivity index (χ1v) is 7.04. The van der Waals surface area contributed by atoms with Crippen molar-refractivity contribution in [2.24, 2.45) is 0 Å². The molecule has 0 aliphatic rings. The van der Waals surface area contributed by atoms with Crippen molar-refractivity contribution in [2.75, 3.05) is 13.2 Å². The summed E-state index contributed by atoms with van der Waals surface area (Å²) in [4.78, 5) is 40.7. The average molecular weight is 322 g/mol. The Morgan fingerprint density at radius 3 is 1.27 bits per heavy atom. The number of carbonyl (C=O) groups excluding carboxylic acids is 2. The SMILES string of the molecule is CC(C)(C)OOC(=O)OCCCCOC(=O)OOC(C)(C)C. The predicted molar refractivity (Wildman–Crippen MR) is 75.8 cm³/mol. The van der Waals surface area contributed by atoms with Gasteiger partial charge in [0.15, 0.2) is 0 Å².